The molecule has 0 unspecified atom stereocenters. The molecule has 1 heterocycles. The summed E-state index contributed by atoms with van der Waals surface area (Å²) in [6, 6.07) is 4.13. The number of aromatic nitrogens is 1. The van der Waals surface area contributed by atoms with Gasteiger partial charge in [0, 0.05) is 12.5 Å². The standard InChI is InChI=1S/C10H16N2S/c1-10(2,3)8-5-6-9(11-7-8)12-13-4/h5-7H,1-4H3,(H,11,12). The molecule has 0 saturated carbocycles. The molecule has 1 N–H and O–H groups in total. The number of rotatable bonds is 2. The maximum absolute atomic E-state index is 4.30. The van der Waals surface area contributed by atoms with Crippen LogP contribution in [0.2, 0.25) is 0 Å². The third-order valence-electron chi connectivity index (χ3n) is 1.84. The van der Waals surface area contributed by atoms with Crippen LogP contribution in [0.3, 0.4) is 0 Å². The Labute approximate surface area is 84.3 Å². The molecule has 0 fully saturated rings. The van der Waals surface area contributed by atoms with Crippen LogP contribution in [0.5, 0.6) is 0 Å². The molecule has 0 aliphatic rings. The predicted molar refractivity (Wildman–Crippen MR) is 60.1 cm³/mol. The maximum atomic E-state index is 4.30. The first-order valence-corrected chi connectivity index (χ1v) is 5.52. The summed E-state index contributed by atoms with van der Waals surface area (Å²) in [6.07, 6.45) is 3.91. The van der Waals surface area contributed by atoms with Crippen LogP contribution in [0.15, 0.2) is 18.3 Å². The van der Waals surface area contributed by atoms with E-state index in [1.54, 1.807) is 11.9 Å². The van der Waals surface area contributed by atoms with Gasteiger partial charge in [-0.05, 0) is 17.0 Å². The van der Waals surface area contributed by atoms with Crippen LogP contribution in [0, 0.1) is 0 Å². The molecule has 2 nitrogen and oxygen atoms in total. The van der Waals surface area contributed by atoms with Crippen LogP contribution in [-0.2, 0) is 5.41 Å². The number of hydrogen-bond donors (Lipinski definition) is 1. The lowest BCUT2D eigenvalue weighted by Crippen LogP contribution is -2.11. The van der Waals surface area contributed by atoms with Crippen LogP contribution in [0.25, 0.3) is 0 Å². The average Bonchev–Trinajstić information content (AvgIpc) is 2.04. The van der Waals surface area contributed by atoms with Crippen molar-refractivity contribution >= 4 is 17.8 Å². The van der Waals surface area contributed by atoms with E-state index >= 15 is 0 Å². The fourth-order valence-corrected chi connectivity index (χ4v) is 1.33. The van der Waals surface area contributed by atoms with Crippen LogP contribution in [-0.4, -0.2) is 11.2 Å². The van der Waals surface area contributed by atoms with Crippen molar-refractivity contribution in [2.75, 3.05) is 11.0 Å². The Morgan fingerprint density at radius 3 is 2.38 bits per heavy atom. The second-order valence-electron chi connectivity index (χ2n) is 3.99. The molecule has 0 bridgehead atoms. The van der Waals surface area contributed by atoms with Gasteiger partial charge in [0.25, 0.3) is 0 Å². The highest BCUT2D eigenvalue weighted by Gasteiger charge is 2.13. The molecular formula is C10H16N2S. The summed E-state index contributed by atoms with van der Waals surface area (Å²) in [5.41, 5.74) is 1.45. The summed E-state index contributed by atoms with van der Waals surface area (Å²) in [5.74, 6) is 0.917. The Hall–Kier alpha value is -0.700. The van der Waals surface area contributed by atoms with E-state index in [0.717, 1.165) is 5.82 Å². The Bertz CT molecular complexity index is 261. The molecule has 72 valence electrons. The SMILES string of the molecule is CSNc1ccc(C(C)(C)C)cn1. The first kappa shape index (κ1) is 10.4. The lowest BCUT2D eigenvalue weighted by molar-refractivity contribution is 0.588. The third kappa shape index (κ3) is 2.92. The molecule has 0 amide bonds. The van der Waals surface area contributed by atoms with Gasteiger partial charge in [-0.25, -0.2) is 4.98 Å². The highest BCUT2D eigenvalue weighted by Crippen LogP contribution is 2.22. The third-order valence-corrected chi connectivity index (χ3v) is 2.25. The van der Waals surface area contributed by atoms with Crippen molar-refractivity contribution in [3.63, 3.8) is 0 Å². The van der Waals surface area contributed by atoms with Gasteiger partial charge in [0.2, 0.25) is 0 Å². The van der Waals surface area contributed by atoms with Crippen molar-refractivity contribution in [1.29, 1.82) is 0 Å². The van der Waals surface area contributed by atoms with Gasteiger partial charge in [-0.1, -0.05) is 38.8 Å². The molecule has 3 heteroatoms. The van der Waals surface area contributed by atoms with Gasteiger partial charge in [-0.3, -0.25) is 0 Å². The molecule has 0 aliphatic carbocycles. The number of pyridine rings is 1. The van der Waals surface area contributed by atoms with Crippen LogP contribution < -0.4 is 4.72 Å². The summed E-state index contributed by atoms with van der Waals surface area (Å²) >= 11 is 1.56. The minimum atomic E-state index is 0.185. The molecule has 0 atom stereocenters. The summed E-state index contributed by atoms with van der Waals surface area (Å²) in [7, 11) is 0. The minimum absolute atomic E-state index is 0.185. The molecule has 1 aromatic heterocycles. The number of nitrogens with zero attached hydrogens (tertiary/aromatic N) is 1. The first-order chi connectivity index (χ1) is 6.04. The maximum Gasteiger partial charge on any atom is 0.135 e. The van der Waals surface area contributed by atoms with E-state index in [-0.39, 0.29) is 5.41 Å². The van der Waals surface area contributed by atoms with Crippen molar-refractivity contribution in [2.45, 2.75) is 26.2 Å². The summed E-state index contributed by atoms with van der Waals surface area (Å²) in [6.45, 7) is 6.56. The van der Waals surface area contributed by atoms with Gasteiger partial charge in [-0.2, -0.15) is 0 Å². The molecule has 1 rings (SSSR count). The van der Waals surface area contributed by atoms with Gasteiger partial charge in [0.05, 0.1) is 0 Å². The monoisotopic (exact) mass is 196 g/mol. The zero-order valence-corrected chi connectivity index (χ0v) is 9.40. The molecule has 1 aromatic rings. The lowest BCUT2D eigenvalue weighted by atomic mass is 9.88. The van der Waals surface area contributed by atoms with E-state index in [0.29, 0.717) is 0 Å². The summed E-state index contributed by atoms with van der Waals surface area (Å²) in [4.78, 5) is 4.30. The highest BCUT2D eigenvalue weighted by molar-refractivity contribution is 7.99. The van der Waals surface area contributed by atoms with Crippen molar-refractivity contribution in [1.82, 2.24) is 4.98 Å². The van der Waals surface area contributed by atoms with Crippen molar-refractivity contribution in [3.05, 3.63) is 23.9 Å². The second-order valence-corrected chi connectivity index (χ2v) is 4.60. The Kier molecular flexibility index (Phi) is 3.20. The van der Waals surface area contributed by atoms with Gasteiger partial charge in [0.15, 0.2) is 0 Å². The van der Waals surface area contributed by atoms with Gasteiger partial charge < -0.3 is 4.72 Å². The quantitative estimate of drug-likeness (QED) is 0.736. The Balaban J connectivity index is 2.81. The summed E-state index contributed by atoms with van der Waals surface area (Å²) < 4.78 is 3.09. The van der Waals surface area contributed by atoms with E-state index in [2.05, 4.69) is 36.5 Å². The first-order valence-electron chi connectivity index (χ1n) is 4.29. The van der Waals surface area contributed by atoms with Crippen LogP contribution in [0.1, 0.15) is 26.3 Å². The van der Waals surface area contributed by atoms with Crippen molar-refractivity contribution < 1.29 is 0 Å². The zero-order valence-electron chi connectivity index (χ0n) is 8.59. The number of anilines is 1. The van der Waals surface area contributed by atoms with E-state index in [4.69, 9.17) is 0 Å². The average molecular weight is 196 g/mol. The molecule has 0 radical (unpaired) electrons. The van der Waals surface area contributed by atoms with Gasteiger partial charge in [0.1, 0.15) is 5.82 Å². The van der Waals surface area contributed by atoms with Crippen molar-refractivity contribution in [3.8, 4) is 0 Å². The molecule has 0 saturated heterocycles. The number of nitrogens with one attached hydrogen (secondary N) is 1. The van der Waals surface area contributed by atoms with Crippen molar-refractivity contribution in [2.24, 2.45) is 0 Å². The Morgan fingerprint density at radius 2 is 2.00 bits per heavy atom. The molecule has 0 spiro atoms. The normalized spacial score (nSPS) is 11.4. The lowest BCUT2D eigenvalue weighted by Gasteiger charge is -2.18. The van der Waals surface area contributed by atoms with Crippen LogP contribution >= 0.6 is 11.9 Å². The van der Waals surface area contributed by atoms with E-state index < -0.39 is 0 Å². The largest absolute Gasteiger partial charge is 0.315 e. The zero-order chi connectivity index (χ0) is 9.90. The number of hydrogen-bond acceptors (Lipinski definition) is 3. The second kappa shape index (κ2) is 4.01. The Morgan fingerprint density at radius 1 is 1.31 bits per heavy atom. The minimum Gasteiger partial charge on any atom is -0.315 e. The highest BCUT2D eigenvalue weighted by atomic mass is 32.2. The van der Waals surface area contributed by atoms with Crippen LogP contribution in [0.4, 0.5) is 5.82 Å². The molecule has 13 heavy (non-hydrogen) atoms. The molecule has 0 aliphatic heterocycles. The van der Waals surface area contributed by atoms with E-state index in [1.807, 2.05) is 18.5 Å². The topological polar surface area (TPSA) is 24.9 Å². The fraction of sp³-hybridized carbons (Fsp3) is 0.500. The van der Waals surface area contributed by atoms with Gasteiger partial charge in [-0.15, -0.1) is 0 Å². The van der Waals surface area contributed by atoms with Gasteiger partial charge >= 0.3 is 0 Å². The van der Waals surface area contributed by atoms with E-state index in [9.17, 15) is 0 Å². The predicted octanol–water partition coefficient (Wildman–Crippen LogP) is 3.07. The fourth-order valence-electron chi connectivity index (χ4n) is 1.00. The smallest absolute Gasteiger partial charge is 0.135 e. The van der Waals surface area contributed by atoms with E-state index in [1.165, 1.54) is 5.56 Å². The molecular weight excluding hydrogens is 180 g/mol. The summed E-state index contributed by atoms with van der Waals surface area (Å²) in [5, 5.41) is 0. The molecule has 0 aromatic carbocycles.